The summed E-state index contributed by atoms with van der Waals surface area (Å²) in [5, 5.41) is 8.97. The van der Waals surface area contributed by atoms with Crippen molar-refractivity contribution in [1.82, 2.24) is 0 Å². The van der Waals surface area contributed by atoms with Gasteiger partial charge in [0.05, 0.1) is 12.3 Å². The van der Waals surface area contributed by atoms with E-state index < -0.39 is 11.6 Å². The summed E-state index contributed by atoms with van der Waals surface area (Å²) >= 11 is 0. The van der Waals surface area contributed by atoms with Crippen LogP contribution in [-0.2, 0) is 9.53 Å². The van der Waals surface area contributed by atoms with E-state index in [1.54, 1.807) is 11.0 Å². The Bertz CT molecular complexity index is 1320. The number of para-hydroxylation sites is 1. The monoisotopic (exact) mass is 494 g/mol. The third-order valence-corrected chi connectivity index (χ3v) is 6.61. The number of carbonyl (C=O) groups is 1. The maximum absolute atomic E-state index is 14.1. The van der Waals surface area contributed by atoms with Crippen LogP contribution < -0.4 is 9.64 Å². The molecule has 5 rings (SSSR count). The van der Waals surface area contributed by atoms with Crippen molar-refractivity contribution in [3.63, 3.8) is 0 Å². The molecule has 1 N–H and O–H groups in total. The largest absolute Gasteiger partial charge is 0.494 e. The van der Waals surface area contributed by atoms with Crippen LogP contribution in [0.15, 0.2) is 103 Å². The van der Waals surface area contributed by atoms with E-state index in [4.69, 9.17) is 19.6 Å². The molecule has 0 aromatic heterocycles. The number of aliphatic hydroxyl groups excluding tert-OH is 1. The molecule has 0 bridgehead atoms. The molecule has 6 heteroatoms. The van der Waals surface area contributed by atoms with E-state index in [1.807, 2.05) is 91.0 Å². The van der Waals surface area contributed by atoms with Crippen LogP contribution >= 0.6 is 0 Å². The Hall–Kier alpha value is -4.16. The van der Waals surface area contributed by atoms with E-state index in [-0.39, 0.29) is 12.5 Å². The van der Waals surface area contributed by atoms with Crippen LogP contribution in [0.1, 0.15) is 35.6 Å². The molecule has 0 unspecified atom stereocenters. The van der Waals surface area contributed by atoms with Gasteiger partial charge >= 0.3 is 0 Å². The van der Waals surface area contributed by atoms with Gasteiger partial charge in [-0.15, -0.1) is 6.58 Å². The van der Waals surface area contributed by atoms with Gasteiger partial charge in [0.2, 0.25) is 5.90 Å². The Morgan fingerprint density at radius 1 is 1.05 bits per heavy atom. The van der Waals surface area contributed by atoms with Crippen LogP contribution in [-0.4, -0.2) is 42.2 Å². The third-order valence-electron chi connectivity index (χ3n) is 6.61. The molecule has 0 saturated heterocycles. The summed E-state index contributed by atoms with van der Waals surface area (Å²) in [6.45, 7) is 4.78. The molecule has 1 amide bonds. The highest BCUT2D eigenvalue weighted by Gasteiger charge is 2.57. The minimum Gasteiger partial charge on any atom is -0.494 e. The van der Waals surface area contributed by atoms with E-state index >= 15 is 0 Å². The first-order valence-corrected chi connectivity index (χ1v) is 12.5. The maximum Gasteiger partial charge on any atom is 0.259 e. The van der Waals surface area contributed by atoms with E-state index in [9.17, 15) is 4.79 Å². The molecule has 2 aliphatic heterocycles. The van der Waals surface area contributed by atoms with Crippen LogP contribution in [0.4, 0.5) is 5.69 Å². The molecule has 3 aromatic rings. The van der Waals surface area contributed by atoms with Gasteiger partial charge in [-0.1, -0.05) is 66.8 Å². The highest BCUT2D eigenvalue weighted by Crippen LogP contribution is 2.50. The fourth-order valence-electron chi connectivity index (χ4n) is 4.82. The number of ether oxygens (including phenoxy) is 2. The summed E-state index contributed by atoms with van der Waals surface area (Å²) < 4.78 is 12.1. The number of benzene rings is 3. The van der Waals surface area contributed by atoms with Crippen LogP contribution in [0.3, 0.4) is 0 Å². The van der Waals surface area contributed by atoms with Crippen molar-refractivity contribution in [1.29, 1.82) is 0 Å². The molecule has 2 atom stereocenters. The van der Waals surface area contributed by atoms with Gasteiger partial charge in [-0.05, 0) is 35.9 Å². The smallest absolute Gasteiger partial charge is 0.259 e. The van der Waals surface area contributed by atoms with Crippen molar-refractivity contribution >= 4 is 23.6 Å². The van der Waals surface area contributed by atoms with Gasteiger partial charge in [-0.2, -0.15) is 0 Å². The molecule has 0 radical (unpaired) electrons. The lowest BCUT2D eigenvalue weighted by Crippen LogP contribution is -2.54. The number of aliphatic hydroxyl groups is 1. The molecule has 6 nitrogen and oxygen atoms in total. The maximum atomic E-state index is 14.1. The Labute approximate surface area is 217 Å². The molecule has 0 aliphatic carbocycles. The number of fused-ring (bicyclic) bond motifs is 3. The number of carbonyl (C=O) groups excluding carboxylic acids is 1. The minimum absolute atomic E-state index is 0.0866. The fourth-order valence-corrected chi connectivity index (χ4v) is 4.82. The summed E-state index contributed by atoms with van der Waals surface area (Å²) in [6, 6.07) is 25.3. The summed E-state index contributed by atoms with van der Waals surface area (Å²) in [5.41, 5.74) is 2.45. The minimum atomic E-state index is -1.13. The van der Waals surface area contributed by atoms with Crippen molar-refractivity contribution < 1.29 is 19.4 Å². The van der Waals surface area contributed by atoms with Crippen molar-refractivity contribution in [3.8, 4) is 5.75 Å². The van der Waals surface area contributed by atoms with Crippen LogP contribution in [0.2, 0.25) is 0 Å². The van der Waals surface area contributed by atoms with Gasteiger partial charge in [-0.3, -0.25) is 4.79 Å². The van der Waals surface area contributed by atoms with Gasteiger partial charge in [0.1, 0.15) is 5.75 Å². The molecule has 0 fully saturated rings. The SMILES string of the molecule is C=CCN1C(=O)[C@]2(C/C=C/c3ccccc3)N=C(c3ccc(OCCCO)cc3)O[C@@H]2c2ccccc21. The van der Waals surface area contributed by atoms with E-state index in [0.29, 0.717) is 37.6 Å². The van der Waals surface area contributed by atoms with Gasteiger partial charge in [0.15, 0.2) is 11.6 Å². The lowest BCUT2D eigenvalue weighted by Gasteiger charge is -2.41. The Balaban J connectivity index is 1.53. The normalized spacial score (nSPS) is 20.2. The molecule has 0 spiro atoms. The summed E-state index contributed by atoms with van der Waals surface area (Å²) in [7, 11) is 0. The van der Waals surface area contributed by atoms with Crippen molar-refractivity contribution in [2.45, 2.75) is 24.5 Å². The van der Waals surface area contributed by atoms with E-state index in [2.05, 4.69) is 6.58 Å². The first kappa shape index (κ1) is 24.5. The topological polar surface area (TPSA) is 71.4 Å². The first-order chi connectivity index (χ1) is 18.2. The lowest BCUT2D eigenvalue weighted by molar-refractivity contribution is -0.126. The Kier molecular flexibility index (Phi) is 7.19. The highest BCUT2D eigenvalue weighted by molar-refractivity contribution is 6.09. The molecule has 188 valence electrons. The summed E-state index contributed by atoms with van der Waals surface area (Å²) in [6.07, 6.45) is 6.17. The van der Waals surface area contributed by atoms with E-state index in [0.717, 1.165) is 22.4 Å². The average molecular weight is 495 g/mol. The predicted octanol–water partition coefficient (Wildman–Crippen LogP) is 5.34. The zero-order chi connectivity index (χ0) is 25.7. The Morgan fingerprint density at radius 3 is 2.57 bits per heavy atom. The zero-order valence-corrected chi connectivity index (χ0v) is 20.6. The molecule has 3 aromatic carbocycles. The number of anilines is 1. The van der Waals surface area contributed by atoms with Crippen LogP contribution in [0, 0.1) is 0 Å². The number of nitrogens with zero attached hydrogens (tertiary/aromatic N) is 2. The van der Waals surface area contributed by atoms with Crippen molar-refractivity contribution in [3.05, 3.63) is 114 Å². The second kappa shape index (κ2) is 10.8. The van der Waals surface area contributed by atoms with Gasteiger partial charge in [0, 0.05) is 37.1 Å². The van der Waals surface area contributed by atoms with Crippen LogP contribution in [0.5, 0.6) is 5.75 Å². The van der Waals surface area contributed by atoms with E-state index in [1.165, 1.54) is 0 Å². The fraction of sp³-hybridized carbons (Fsp3) is 0.226. The van der Waals surface area contributed by atoms with Crippen molar-refractivity contribution in [2.24, 2.45) is 4.99 Å². The summed E-state index contributed by atoms with van der Waals surface area (Å²) in [4.78, 5) is 20.9. The third kappa shape index (κ3) is 4.80. The number of hydrogen-bond donors (Lipinski definition) is 1. The lowest BCUT2D eigenvalue weighted by atomic mass is 9.79. The number of aliphatic imine (C=N–C) groups is 1. The standard InChI is InChI=1S/C31H30N2O4/c1-2-20-33-27-14-7-6-13-26(27)28-31(30(33)35,19-8-12-23-10-4-3-5-11-23)32-29(37-28)24-15-17-25(18-16-24)36-22-9-21-34/h2-8,10-18,28,34H,1,9,19-22H2/b12-8+/t28-,31-/m1/s1. The first-order valence-electron chi connectivity index (χ1n) is 12.5. The van der Waals surface area contributed by atoms with Gasteiger partial charge in [-0.25, -0.2) is 4.99 Å². The second-order valence-corrected chi connectivity index (χ2v) is 9.07. The quantitative estimate of drug-likeness (QED) is 0.305. The average Bonchev–Trinajstić information content (AvgIpc) is 3.33. The molecular formula is C31H30N2O4. The Morgan fingerprint density at radius 2 is 1.81 bits per heavy atom. The molecule has 2 heterocycles. The number of rotatable bonds is 10. The predicted molar refractivity (Wildman–Crippen MR) is 146 cm³/mol. The van der Waals surface area contributed by atoms with Gasteiger partial charge in [0.25, 0.3) is 5.91 Å². The van der Waals surface area contributed by atoms with Crippen molar-refractivity contribution in [2.75, 3.05) is 24.7 Å². The second-order valence-electron chi connectivity index (χ2n) is 9.07. The molecule has 2 aliphatic rings. The van der Waals surface area contributed by atoms with Crippen LogP contribution in [0.25, 0.3) is 6.08 Å². The molecular weight excluding hydrogens is 464 g/mol. The summed E-state index contributed by atoms with van der Waals surface area (Å²) in [5.74, 6) is 1.03. The van der Waals surface area contributed by atoms with Gasteiger partial charge < -0.3 is 19.5 Å². The number of amides is 1. The molecule has 0 saturated carbocycles. The zero-order valence-electron chi connectivity index (χ0n) is 20.6. The number of hydrogen-bond acceptors (Lipinski definition) is 5. The molecule has 37 heavy (non-hydrogen) atoms. The highest BCUT2D eigenvalue weighted by atomic mass is 16.5.